The van der Waals surface area contributed by atoms with E-state index >= 15 is 0 Å². The fourth-order valence-electron chi connectivity index (χ4n) is 1.45. The molecular formula is C8H8BFN2O2S. The molecule has 0 unspecified atom stereocenters. The zero-order valence-electron chi connectivity index (χ0n) is 7.88. The number of pyridine rings is 1. The van der Waals surface area contributed by atoms with Crippen LogP contribution in [0.2, 0.25) is 0 Å². The minimum absolute atomic E-state index is 0.0228. The second kappa shape index (κ2) is 3.84. The summed E-state index contributed by atoms with van der Waals surface area (Å²) >= 11 is -0.0228. The Morgan fingerprint density at radius 2 is 2.20 bits per heavy atom. The second-order valence-electron chi connectivity index (χ2n) is 3.18. The predicted octanol–water partition coefficient (Wildman–Crippen LogP) is 0.405. The molecule has 0 amide bonds. The number of hydrogen-bond donors (Lipinski definition) is 2. The van der Waals surface area contributed by atoms with Gasteiger partial charge in [0.05, 0.1) is 0 Å². The van der Waals surface area contributed by atoms with E-state index in [0.29, 0.717) is 11.0 Å². The van der Waals surface area contributed by atoms with Crippen molar-refractivity contribution < 1.29 is 13.9 Å². The second-order valence-corrected chi connectivity index (χ2v) is 3.71. The van der Waals surface area contributed by atoms with Gasteiger partial charge in [0.2, 0.25) is 0 Å². The number of nitrogens with zero attached hydrogens (tertiary/aromatic N) is 2. The molecule has 0 bridgehead atoms. The van der Waals surface area contributed by atoms with E-state index in [1.807, 2.05) is 0 Å². The first-order valence-electron chi connectivity index (χ1n) is 4.27. The summed E-state index contributed by atoms with van der Waals surface area (Å²) in [6, 6.07) is 3.43. The number of hydrogen-bond acceptors (Lipinski definition) is 4. The molecule has 7 heteroatoms. The van der Waals surface area contributed by atoms with Crippen molar-refractivity contribution in [2.45, 2.75) is 6.92 Å². The van der Waals surface area contributed by atoms with E-state index in [0.717, 1.165) is 9.67 Å². The predicted molar refractivity (Wildman–Crippen MR) is 58.4 cm³/mol. The van der Waals surface area contributed by atoms with Gasteiger partial charge in [0.1, 0.15) is 0 Å². The third-order valence-corrected chi connectivity index (χ3v) is 2.57. The van der Waals surface area contributed by atoms with Crippen molar-refractivity contribution in [2.24, 2.45) is 0 Å². The molecule has 78 valence electrons. The summed E-state index contributed by atoms with van der Waals surface area (Å²) in [4.78, 5) is 4.13. The van der Waals surface area contributed by atoms with Gasteiger partial charge in [-0.15, -0.1) is 3.89 Å². The molecule has 2 N–H and O–H groups in total. The van der Waals surface area contributed by atoms with E-state index < -0.39 is 7.12 Å². The van der Waals surface area contributed by atoms with Crippen molar-refractivity contribution in [3.8, 4) is 0 Å². The lowest BCUT2D eigenvalue weighted by Gasteiger charge is -1.97. The highest BCUT2D eigenvalue weighted by Crippen LogP contribution is 2.18. The quantitative estimate of drug-likeness (QED) is 0.728. The number of halogens is 1. The van der Waals surface area contributed by atoms with Crippen LogP contribution in [0.1, 0.15) is 5.69 Å². The van der Waals surface area contributed by atoms with E-state index in [1.165, 1.54) is 6.20 Å². The van der Waals surface area contributed by atoms with Gasteiger partial charge in [0.15, 0.2) is 18.0 Å². The molecular weight excluding hydrogens is 218 g/mol. The highest BCUT2D eigenvalue weighted by Gasteiger charge is 2.19. The van der Waals surface area contributed by atoms with Gasteiger partial charge in [-0.05, 0) is 19.1 Å². The Morgan fingerprint density at radius 1 is 1.47 bits per heavy atom. The number of rotatable bonds is 2. The topological polar surface area (TPSA) is 58.3 Å². The first-order chi connectivity index (χ1) is 7.13. The Morgan fingerprint density at radius 3 is 2.80 bits per heavy atom. The standard InChI is InChI=1S/C8H8BFN2O2S/c1-5-2-3-6-7(9(13)14)4-12(15-10)8(6)11-5/h2-4,13-14H,1H3. The van der Waals surface area contributed by atoms with E-state index in [2.05, 4.69) is 4.98 Å². The van der Waals surface area contributed by atoms with Gasteiger partial charge in [-0.25, -0.2) is 8.96 Å². The first kappa shape index (κ1) is 10.5. The molecule has 2 heterocycles. The summed E-state index contributed by atoms with van der Waals surface area (Å²) < 4.78 is 13.7. The molecule has 0 spiro atoms. The van der Waals surface area contributed by atoms with Crippen molar-refractivity contribution in [1.82, 2.24) is 8.96 Å². The smallest absolute Gasteiger partial charge is 0.423 e. The molecule has 0 atom stereocenters. The fourth-order valence-corrected chi connectivity index (χ4v) is 1.81. The summed E-state index contributed by atoms with van der Waals surface area (Å²) in [7, 11) is -1.62. The number of aryl methyl sites for hydroxylation is 1. The highest BCUT2D eigenvalue weighted by atomic mass is 32.2. The van der Waals surface area contributed by atoms with Gasteiger partial charge < -0.3 is 10.0 Å². The van der Waals surface area contributed by atoms with Crippen molar-refractivity contribution in [2.75, 3.05) is 0 Å². The molecule has 0 saturated carbocycles. The minimum Gasteiger partial charge on any atom is -0.423 e. The van der Waals surface area contributed by atoms with Crippen molar-refractivity contribution >= 4 is 35.9 Å². The molecule has 4 nitrogen and oxygen atoms in total. The normalized spacial score (nSPS) is 10.9. The van der Waals surface area contributed by atoms with E-state index in [-0.39, 0.29) is 17.8 Å². The Bertz CT molecular complexity index is 503. The fraction of sp³-hybridized carbons (Fsp3) is 0.125. The molecule has 2 aromatic heterocycles. The lowest BCUT2D eigenvalue weighted by Crippen LogP contribution is -2.29. The summed E-state index contributed by atoms with van der Waals surface area (Å²) in [5.74, 6) is 0. The summed E-state index contributed by atoms with van der Waals surface area (Å²) in [5.41, 5.74) is 1.39. The maximum absolute atomic E-state index is 12.5. The van der Waals surface area contributed by atoms with E-state index in [1.54, 1.807) is 19.1 Å². The Kier molecular flexibility index (Phi) is 2.68. The van der Waals surface area contributed by atoms with Crippen LogP contribution in [-0.4, -0.2) is 26.1 Å². The molecule has 15 heavy (non-hydrogen) atoms. The molecule has 2 aromatic rings. The summed E-state index contributed by atoms with van der Waals surface area (Å²) in [5, 5.41) is 18.7. The molecule has 2 rings (SSSR count). The van der Waals surface area contributed by atoms with Crippen LogP contribution in [0.3, 0.4) is 0 Å². The summed E-state index contributed by atoms with van der Waals surface area (Å²) in [6.07, 6.45) is 1.33. The van der Waals surface area contributed by atoms with Crippen LogP contribution in [0.15, 0.2) is 18.3 Å². The number of aromatic nitrogens is 2. The van der Waals surface area contributed by atoms with Crippen LogP contribution in [0.4, 0.5) is 3.89 Å². The lowest BCUT2D eigenvalue weighted by atomic mass is 9.80. The summed E-state index contributed by atoms with van der Waals surface area (Å²) in [6.45, 7) is 1.79. The van der Waals surface area contributed by atoms with Gasteiger partial charge in [-0.2, -0.15) is 0 Å². The van der Waals surface area contributed by atoms with Crippen molar-refractivity contribution in [3.63, 3.8) is 0 Å². The number of fused-ring (bicyclic) bond motifs is 1. The Balaban J connectivity index is 2.75. The average Bonchev–Trinajstić information content (AvgIpc) is 2.55. The van der Waals surface area contributed by atoms with Crippen molar-refractivity contribution in [3.05, 3.63) is 24.0 Å². The van der Waals surface area contributed by atoms with Crippen LogP contribution >= 0.6 is 12.3 Å². The van der Waals surface area contributed by atoms with Crippen LogP contribution < -0.4 is 5.46 Å². The Hall–Kier alpha value is -1.05. The molecule has 0 aliphatic rings. The van der Waals surface area contributed by atoms with Gasteiger partial charge in [-0.1, -0.05) is 0 Å². The van der Waals surface area contributed by atoms with Crippen LogP contribution in [0.25, 0.3) is 11.0 Å². The lowest BCUT2D eigenvalue weighted by molar-refractivity contribution is 0.426. The first-order valence-corrected chi connectivity index (χ1v) is 4.94. The maximum Gasteiger partial charge on any atom is 0.490 e. The zero-order chi connectivity index (χ0) is 11.0. The minimum atomic E-state index is -1.62. The van der Waals surface area contributed by atoms with Crippen LogP contribution in [0.5, 0.6) is 0 Å². The van der Waals surface area contributed by atoms with E-state index in [9.17, 15) is 3.89 Å². The molecule has 0 aromatic carbocycles. The SMILES string of the molecule is Cc1ccc2c(B(O)O)cn(SF)c2n1. The van der Waals surface area contributed by atoms with Gasteiger partial charge in [-0.3, -0.25) is 0 Å². The third-order valence-electron chi connectivity index (χ3n) is 2.14. The highest BCUT2D eigenvalue weighted by molar-refractivity contribution is 7.92. The Labute approximate surface area is 90.3 Å². The zero-order valence-corrected chi connectivity index (χ0v) is 8.70. The van der Waals surface area contributed by atoms with Gasteiger partial charge in [0.25, 0.3) is 0 Å². The molecule has 0 fully saturated rings. The third kappa shape index (κ3) is 1.73. The molecule has 0 aliphatic heterocycles. The van der Waals surface area contributed by atoms with Crippen LogP contribution in [-0.2, 0) is 0 Å². The molecule has 0 aliphatic carbocycles. The average molecular weight is 226 g/mol. The molecule has 0 saturated heterocycles. The van der Waals surface area contributed by atoms with Crippen molar-refractivity contribution in [1.29, 1.82) is 0 Å². The largest absolute Gasteiger partial charge is 0.490 e. The van der Waals surface area contributed by atoms with Crippen LogP contribution in [0, 0.1) is 6.92 Å². The van der Waals surface area contributed by atoms with Gasteiger partial charge in [0, 0.05) is 22.7 Å². The monoisotopic (exact) mass is 226 g/mol. The van der Waals surface area contributed by atoms with E-state index in [4.69, 9.17) is 10.0 Å². The molecule has 0 radical (unpaired) electrons. The maximum atomic E-state index is 12.5. The van der Waals surface area contributed by atoms with Gasteiger partial charge >= 0.3 is 7.12 Å².